The summed E-state index contributed by atoms with van der Waals surface area (Å²) in [5.74, 6) is 0.121. The number of rotatable bonds is 10. The summed E-state index contributed by atoms with van der Waals surface area (Å²) in [6.07, 6.45) is -5.43. The Balaban J connectivity index is 1.91. The third kappa shape index (κ3) is 6.24. The minimum atomic E-state index is -5.87. The van der Waals surface area contributed by atoms with Crippen LogP contribution in [0.25, 0.3) is 21.6 Å². The number of ether oxygens (including phenoxy) is 1. The van der Waals surface area contributed by atoms with Gasteiger partial charge in [-0.05, 0) is 12.5 Å². The van der Waals surface area contributed by atoms with Crippen LogP contribution in [0.2, 0.25) is 0 Å². The topological polar surface area (TPSA) is 302 Å². The average Bonchev–Trinajstić information content (AvgIpc) is 3.23. The van der Waals surface area contributed by atoms with Crippen LogP contribution in [0.5, 0.6) is 0 Å². The molecule has 0 saturated carbocycles. The zero-order valence-electron chi connectivity index (χ0n) is 17.6. The first-order valence-electron chi connectivity index (χ1n) is 9.22. The van der Waals surface area contributed by atoms with E-state index in [4.69, 9.17) is 20.1 Å². The van der Waals surface area contributed by atoms with Crippen molar-refractivity contribution in [2.24, 2.45) is 5.11 Å². The van der Waals surface area contributed by atoms with Crippen LogP contribution >= 0.6 is 23.5 Å². The summed E-state index contributed by atoms with van der Waals surface area (Å²) in [7, 11) is -17.2. The van der Waals surface area contributed by atoms with Crippen LogP contribution in [0.4, 0.5) is 4.39 Å². The predicted octanol–water partition coefficient (Wildman–Crippen LogP) is 0.0482. The molecule has 3 heterocycles. The fraction of sp³-hybridized carbons (Fsp3) is 0.583. The Morgan fingerprint density at radius 2 is 1.97 bits per heavy atom. The number of phosphoric acid groups is 3. The van der Waals surface area contributed by atoms with Crippen LogP contribution < -0.4 is 5.56 Å². The molecule has 6 N–H and O–H groups in total. The van der Waals surface area contributed by atoms with E-state index < -0.39 is 66.3 Å². The van der Waals surface area contributed by atoms with Gasteiger partial charge in [-0.15, -0.1) is 0 Å². The maximum Gasteiger partial charge on any atom is 0.490 e. The summed E-state index contributed by atoms with van der Waals surface area (Å²) >= 11 is 0. The van der Waals surface area contributed by atoms with Gasteiger partial charge in [-0.3, -0.25) is 13.9 Å². The molecule has 0 radical (unpaired) electrons. The minimum Gasteiger partial charge on any atom is -0.387 e. The van der Waals surface area contributed by atoms with Gasteiger partial charge >= 0.3 is 23.5 Å². The maximum atomic E-state index is 15.2. The van der Waals surface area contributed by atoms with Crippen LogP contribution in [-0.2, 0) is 31.6 Å². The Labute approximate surface area is 197 Å². The van der Waals surface area contributed by atoms with Crippen molar-refractivity contribution >= 4 is 34.6 Å². The molecule has 200 valence electrons. The van der Waals surface area contributed by atoms with Gasteiger partial charge in [0.1, 0.15) is 17.5 Å². The Hall–Kier alpha value is -2.08. The molecule has 6 atom stereocenters. The molecule has 0 amide bonds. The summed E-state index contributed by atoms with van der Waals surface area (Å²) in [4.78, 5) is 60.8. The number of imidazole rings is 1. The molecule has 3 rings (SSSR count). The third-order valence-electron chi connectivity index (χ3n) is 4.58. The van der Waals surface area contributed by atoms with E-state index in [-0.39, 0.29) is 17.0 Å². The quantitative estimate of drug-likeness (QED) is 0.0937. The van der Waals surface area contributed by atoms with Gasteiger partial charge in [-0.2, -0.15) is 8.62 Å². The van der Waals surface area contributed by atoms with E-state index in [1.165, 1.54) is 6.92 Å². The van der Waals surface area contributed by atoms with E-state index in [9.17, 15) is 33.4 Å². The molecule has 2 unspecified atom stereocenters. The van der Waals surface area contributed by atoms with Crippen molar-refractivity contribution in [2.75, 3.05) is 13.2 Å². The molecule has 0 aliphatic carbocycles. The number of hydrogen-bond acceptors (Lipinski definition) is 12. The number of nitrogens with zero attached hydrogens (tertiary/aromatic N) is 6. The summed E-state index contributed by atoms with van der Waals surface area (Å²) in [5, 5.41) is 13.7. The fourth-order valence-electron chi connectivity index (χ4n) is 3.19. The highest BCUT2D eigenvalue weighted by atomic mass is 31.3. The van der Waals surface area contributed by atoms with Crippen LogP contribution in [0, 0.1) is 6.92 Å². The number of hydrogen-bond donors (Lipinski definition) is 6. The zero-order valence-corrected chi connectivity index (χ0v) is 20.3. The fourth-order valence-corrected chi connectivity index (χ4v) is 6.27. The van der Waals surface area contributed by atoms with Crippen LogP contribution in [0.3, 0.4) is 0 Å². The Morgan fingerprint density at radius 3 is 2.58 bits per heavy atom. The molecular formula is C12H17FN7O13P3. The predicted molar refractivity (Wildman–Crippen MR) is 110 cm³/mol. The van der Waals surface area contributed by atoms with Crippen LogP contribution in [0.15, 0.2) is 16.2 Å². The van der Waals surface area contributed by atoms with Gasteiger partial charge in [0.2, 0.25) is 0 Å². The van der Waals surface area contributed by atoms with E-state index in [1.54, 1.807) is 0 Å². The number of aliphatic hydroxyl groups excluding tert-OH is 1. The highest BCUT2D eigenvalue weighted by molar-refractivity contribution is 7.66. The van der Waals surface area contributed by atoms with Crippen molar-refractivity contribution in [3.63, 3.8) is 0 Å². The molecule has 0 aromatic carbocycles. The first-order chi connectivity index (χ1) is 16.5. The monoisotopic (exact) mass is 579 g/mol. The Morgan fingerprint density at radius 1 is 1.31 bits per heavy atom. The second kappa shape index (κ2) is 10.00. The molecule has 0 spiro atoms. The van der Waals surface area contributed by atoms with Gasteiger partial charge in [0.25, 0.3) is 5.56 Å². The lowest BCUT2D eigenvalue weighted by atomic mass is 9.97. The lowest BCUT2D eigenvalue weighted by Gasteiger charge is -2.30. The molecule has 0 bridgehead atoms. The van der Waals surface area contributed by atoms with Crippen LogP contribution in [-0.4, -0.2) is 75.2 Å². The zero-order chi connectivity index (χ0) is 27.1. The largest absolute Gasteiger partial charge is 0.490 e. The molecule has 24 heteroatoms. The van der Waals surface area contributed by atoms with E-state index in [0.717, 1.165) is 10.9 Å². The maximum absolute atomic E-state index is 15.2. The van der Waals surface area contributed by atoms with Gasteiger partial charge < -0.3 is 34.4 Å². The number of aromatic nitrogens is 4. The van der Waals surface area contributed by atoms with Gasteiger partial charge in [-0.1, -0.05) is 5.11 Å². The summed E-state index contributed by atoms with van der Waals surface area (Å²) < 4.78 is 67.5. The molecule has 20 nitrogen and oxygen atoms in total. The number of aromatic amines is 1. The van der Waals surface area contributed by atoms with Crippen molar-refractivity contribution in [1.82, 2.24) is 19.5 Å². The Bertz CT molecular complexity index is 1400. The van der Waals surface area contributed by atoms with Crippen molar-refractivity contribution in [1.29, 1.82) is 0 Å². The van der Waals surface area contributed by atoms with Gasteiger partial charge in [0.15, 0.2) is 23.6 Å². The first-order valence-corrected chi connectivity index (χ1v) is 13.7. The number of halogens is 1. The standard InChI is InChI=1S/C12H17FN7O13P3/c1-5-17-9-7(10(22)18-5)15-4-20(9)11-6(13)8(21)12(31-11,2-16-19-14)3-30-35(26,27)33-36(28,29)32-34(23,24)25/h4,6,8,11,21H,2-3H2,1H3,(H,26,27)(H,28,29)(H,17,18,22)(H2,23,24,25)/t6-,8+,11-,12-/m1/s1. The lowest BCUT2D eigenvalue weighted by molar-refractivity contribution is -0.118. The molecule has 1 fully saturated rings. The minimum absolute atomic E-state index is 0.121. The molecule has 36 heavy (non-hydrogen) atoms. The van der Waals surface area contributed by atoms with Crippen molar-refractivity contribution < 1.29 is 60.6 Å². The molecule has 1 aliphatic heterocycles. The van der Waals surface area contributed by atoms with Gasteiger partial charge in [0, 0.05) is 4.91 Å². The Kier molecular flexibility index (Phi) is 7.91. The number of nitrogens with one attached hydrogen (secondary N) is 1. The van der Waals surface area contributed by atoms with Gasteiger partial charge in [-0.25, -0.2) is 28.1 Å². The molecular weight excluding hydrogens is 562 g/mol. The summed E-state index contributed by atoms with van der Waals surface area (Å²) in [5.41, 5.74) is 5.20. The lowest BCUT2D eigenvalue weighted by Crippen LogP contribution is -2.48. The number of aryl methyl sites for hydroxylation is 1. The summed E-state index contributed by atoms with van der Waals surface area (Å²) in [6, 6.07) is 0. The van der Waals surface area contributed by atoms with E-state index in [2.05, 4.69) is 38.1 Å². The van der Waals surface area contributed by atoms with Crippen molar-refractivity contribution in [2.45, 2.75) is 31.0 Å². The number of azide groups is 1. The average molecular weight is 579 g/mol. The molecule has 2 aromatic rings. The second-order valence-corrected chi connectivity index (χ2v) is 11.6. The van der Waals surface area contributed by atoms with Crippen LogP contribution in [0.1, 0.15) is 12.1 Å². The van der Waals surface area contributed by atoms with Gasteiger partial charge in [0.05, 0.1) is 19.5 Å². The highest BCUT2D eigenvalue weighted by Gasteiger charge is 2.57. The normalized spacial score (nSPS) is 27.9. The van der Waals surface area contributed by atoms with E-state index >= 15 is 4.39 Å². The van der Waals surface area contributed by atoms with Crippen molar-refractivity contribution in [3.8, 4) is 0 Å². The van der Waals surface area contributed by atoms with E-state index in [0.29, 0.717) is 0 Å². The molecule has 2 aromatic heterocycles. The first kappa shape index (κ1) is 28.5. The van der Waals surface area contributed by atoms with E-state index in [1.807, 2.05) is 0 Å². The number of alkyl halides is 1. The summed E-state index contributed by atoms with van der Waals surface area (Å²) in [6.45, 7) is -0.825. The smallest absolute Gasteiger partial charge is 0.387 e. The molecule has 1 aliphatic rings. The van der Waals surface area contributed by atoms with Crippen molar-refractivity contribution in [3.05, 3.63) is 32.9 Å². The number of H-pyrrole nitrogens is 1. The number of aliphatic hydroxyl groups is 1. The number of fused-ring (bicyclic) bond motifs is 1. The second-order valence-electron chi connectivity index (χ2n) is 7.19. The number of phosphoric ester groups is 1. The molecule has 1 saturated heterocycles. The third-order valence-corrected chi connectivity index (χ3v) is 8.37. The highest BCUT2D eigenvalue weighted by Crippen LogP contribution is 2.66. The SMILES string of the molecule is Cc1nc2c(ncn2[C@@H]2O[C@](CN=[N+]=[N-])(COP(=O)(O)OP(=O)(O)OP(=O)(O)O)[C@@H](O)[C@H]2F)c(=O)[nH]1.